The van der Waals surface area contributed by atoms with Crippen LogP contribution in [0.3, 0.4) is 0 Å². The van der Waals surface area contributed by atoms with E-state index in [9.17, 15) is 0 Å². The first-order valence-corrected chi connectivity index (χ1v) is 6.86. The minimum absolute atomic E-state index is 0.829. The van der Waals surface area contributed by atoms with E-state index >= 15 is 0 Å². The van der Waals surface area contributed by atoms with Gasteiger partial charge in [-0.1, -0.05) is 24.1 Å². The van der Waals surface area contributed by atoms with Crippen molar-refractivity contribution in [1.82, 2.24) is 0 Å². The maximum Gasteiger partial charge on any atom is 0.0398 e. The van der Waals surface area contributed by atoms with Gasteiger partial charge in [0.15, 0.2) is 0 Å². The molecule has 2 N–H and O–H groups in total. The van der Waals surface area contributed by atoms with Gasteiger partial charge in [-0.2, -0.15) is 0 Å². The molecule has 94 valence electrons. The zero-order chi connectivity index (χ0) is 12.1. The molecule has 0 spiro atoms. The van der Waals surface area contributed by atoms with Crippen molar-refractivity contribution < 1.29 is 0 Å². The lowest BCUT2D eigenvalue weighted by atomic mass is 9.99. The first kappa shape index (κ1) is 12.4. The summed E-state index contributed by atoms with van der Waals surface area (Å²) in [6, 6.07) is 6.88. The van der Waals surface area contributed by atoms with Crippen LogP contribution in [0.2, 0.25) is 0 Å². The van der Waals surface area contributed by atoms with Crippen molar-refractivity contribution in [2.75, 3.05) is 24.5 Å². The van der Waals surface area contributed by atoms with E-state index in [4.69, 9.17) is 5.73 Å². The molecule has 17 heavy (non-hydrogen) atoms. The van der Waals surface area contributed by atoms with Crippen LogP contribution >= 0.6 is 0 Å². The number of aryl methyl sites for hydroxylation is 2. The quantitative estimate of drug-likeness (QED) is 0.791. The lowest BCUT2D eigenvalue weighted by molar-refractivity contribution is 0.627. The van der Waals surface area contributed by atoms with Crippen LogP contribution in [-0.4, -0.2) is 19.6 Å². The number of hydrogen-bond donors (Lipinski definition) is 1. The van der Waals surface area contributed by atoms with Crippen LogP contribution in [-0.2, 0) is 6.42 Å². The molecular weight excluding hydrogens is 208 g/mol. The number of nitrogens with zero attached hydrogens (tertiary/aromatic N) is 1. The minimum Gasteiger partial charge on any atom is -0.371 e. The number of hydrogen-bond acceptors (Lipinski definition) is 2. The molecule has 1 aromatic rings. The molecule has 2 rings (SSSR count). The first-order valence-electron chi connectivity index (χ1n) is 6.86. The molecule has 1 aromatic carbocycles. The summed E-state index contributed by atoms with van der Waals surface area (Å²) in [7, 11) is 0. The second kappa shape index (κ2) is 6.06. The topological polar surface area (TPSA) is 29.3 Å². The highest BCUT2D eigenvalue weighted by molar-refractivity contribution is 5.56. The van der Waals surface area contributed by atoms with Gasteiger partial charge in [0.25, 0.3) is 0 Å². The fourth-order valence-corrected chi connectivity index (χ4v) is 2.66. The van der Waals surface area contributed by atoms with Crippen molar-refractivity contribution in [2.24, 2.45) is 5.73 Å². The summed E-state index contributed by atoms with van der Waals surface area (Å²) in [6.45, 7) is 5.42. The molecule has 0 bridgehead atoms. The van der Waals surface area contributed by atoms with Crippen LogP contribution in [0, 0.1) is 6.92 Å². The Labute approximate surface area is 105 Å². The van der Waals surface area contributed by atoms with Crippen LogP contribution in [0.4, 0.5) is 5.69 Å². The van der Waals surface area contributed by atoms with Crippen LogP contribution in [0.25, 0.3) is 0 Å². The Bertz CT molecular complexity index is 360. The number of nitrogens with two attached hydrogens (primary N) is 1. The van der Waals surface area contributed by atoms with Crippen LogP contribution < -0.4 is 10.6 Å². The Morgan fingerprint density at radius 3 is 2.94 bits per heavy atom. The highest BCUT2D eigenvalue weighted by Gasteiger charge is 2.15. The summed E-state index contributed by atoms with van der Waals surface area (Å²) >= 11 is 0. The molecule has 1 aliphatic heterocycles. The summed E-state index contributed by atoms with van der Waals surface area (Å²) in [6.07, 6.45) is 6.23. The normalized spacial score (nSPS) is 14.8. The van der Waals surface area contributed by atoms with Gasteiger partial charge >= 0.3 is 0 Å². The molecule has 0 saturated heterocycles. The predicted molar refractivity (Wildman–Crippen MR) is 74.6 cm³/mol. The molecule has 0 aromatic heterocycles. The maximum atomic E-state index is 5.53. The average Bonchev–Trinajstić information content (AvgIpc) is 2.34. The predicted octanol–water partition coefficient (Wildman–Crippen LogP) is 2.88. The van der Waals surface area contributed by atoms with Gasteiger partial charge in [0, 0.05) is 18.8 Å². The molecule has 2 nitrogen and oxygen atoms in total. The van der Waals surface area contributed by atoms with Gasteiger partial charge in [0.2, 0.25) is 0 Å². The van der Waals surface area contributed by atoms with Crippen molar-refractivity contribution in [1.29, 1.82) is 0 Å². The molecule has 0 unspecified atom stereocenters. The smallest absolute Gasteiger partial charge is 0.0398 e. The number of fused-ring (bicyclic) bond motifs is 1. The van der Waals surface area contributed by atoms with Crippen LogP contribution in [0.5, 0.6) is 0 Å². The fraction of sp³-hybridized carbons (Fsp3) is 0.600. The molecule has 2 heteroatoms. The van der Waals surface area contributed by atoms with Gasteiger partial charge in [-0.05, 0) is 50.8 Å². The van der Waals surface area contributed by atoms with Crippen LogP contribution in [0.1, 0.15) is 36.8 Å². The van der Waals surface area contributed by atoms with Gasteiger partial charge in [0.05, 0.1) is 0 Å². The molecule has 0 aliphatic carbocycles. The number of anilines is 1. The van der Waals surface area contributed by atoms with E-state index in [0.29, 0.717) is 0 Å². The summed E-state index contributed by atoms with van der Waals surface area (Å²) in [5, 5.41) is 0. The van der Waals surface area contributed by atoms with E-state index < -0.39 is 0 Å². The molecule has 0 atom stereocenters. The zero-order valence-electron chi connectivity index (χ0n) is 10.9. The first-order chi connectivity index (χ1) is 8.31. The largest absolute Gasteiger partial charge is 0.371 e. The SMILES string of the molecule is Cc1ccc2c(c1)CCCN2CCCCCN. The van der Waals surface area contributed by atoms with Crippen molar-refractivity contribution in [2.45, 2.75) is 39.0 Å². The summed E-state index contributed by atoms with van der Waals surface area (Å²) in [5.41, 5.74) is 9.91. The van der Waals surface area contributed by atoms with Crippen molar-refractivity contribution in [3.63, 3.8) is 0 Å². The van der Waals surface area contributed by atoms with E-state index in [1.807, 2.05) is 0 Å². The van der Waals surface area contributed by atoms with Crippen molar-refractivity contribution >= 4 is 5.69 Å². The lowest BCUT2D eigenvalue weighted by Gasteiger charge is -2.31. The van der Waals surface area contributed by atoms with Gasteiger partial charge in [0.1, 0.15) is 0 Å². The monoisotopic (exact) mass is 232 g/mol. The van der Waals surface area contributed by atoms with E-state index in [1.165, 1.54) is 55.6 Å². The Balaban J connectivity index is 1.97. The number of benzene rings is 1. The summed E-state index contributed by atoms with van der Waals surface area (Å²) in [5.74, 6) is 0. The Kier molecular flexibility index (Phi) is 4.43. The highest BCUT2D eigenvalue weighted by atomic mass is 15.1. The Hall–Kier alpha value is -1.02. The maximum absolute atomic E-state index is 5.53. The minimum atomic E-state index is 0.829. The molecule has 0 amide bonds. The third kappa shape index (κ3) is 3.22. The fourth-order valence-electron chi connectivity index (χ4n) is 2.66. The van der Waals surface area contributed by atoms with E-state index in [1.54, 1.807) is 0 Å². The summed E-state index contributed by atoms with van der Waals surface area (Å²) < 4.78 is 0. The van der Waals surface area contributed by atoms with E-state index in [2.05, 4.69) is 30.0 Å². The molecule has 1 heterocycles. The van der Waals surface area contributed by atoms with E-state index in [-0.39, 0.29) is 0 Å². The third-order valence-corrected chi connectivity index (χ3v) is 3.58. The number of rotatable bonds is 5. The van der Waals surface area contributed by atoms with Crippen molar-refractivity contribution in [3.05, 3.63) is 29.3 Å². The Morgan fingerprint density at radius 2 is 2.12 bits per heavy atom. The number of unbranched alkanes of at least 4 members (excludes halogenated alkanes) is 2. The molecule has 1 aliphatic rings. The van der Waals surface area contributed by atoms with Gasteiger partial charge in [-0.25, -0.2) is 0 Å². The third-order valence-electron chi connectivity index (χ3n) is 3.58. The van der Waals surface area contributed by atoms with Gasteiger partial charge < -0.3 is 10.6 Å². The zero-order valence-corrected chi connectivity index (χ0v) is 10.9. The van der Waals surface area contributed by atoms with Gasteiger partial charge in [-0.15, -0.1) is 0 Å². The second-order valence-electron chi connectivity index (χ2n) is 5.07. The lowest BCUT2D eigenvalue weighted by Crippen LogP contribution is -2.30. The molecule has 0 radical (unpaired) electrons. The average molecular weight is 232 g/mol. The van der Waals surface area contributed by atoms with Crippen molar-refractivity contribution in [3.8, 4) is 0 Å². The van der Waals surface area contributed by atoms with E-state index in [0.717, 1.165) is 13.0 Å². The second-order valence-corrected chi connectivity index (χ2v) is 5.07. The van der Waals surface area contributed by atoms with Gasteiger partial charge in [-0.3, -0.25) is 0 Å². The molecule has 0 saturated carbocycles. The van der Waals surface area contributed by atoms with Crippen LogP contribution in [0.15, 0.2) is 18.2 Å². The molecule has 0 fully saturated rings. The molecular formula is C15H24N2. The Morgan fingerprint density at radius 1 is 1.24 bits per heavy atom. The highest BCUT2D eigenvalue weighted by Crippen LogP contribution is 2.28. The summed E-state index contributed by atoms with van der Waals surface area (Å²) in [4.78, 5) is 2.55. The standard InChI is InChI=1S/C15H24N2/c1-13-7-8-15-14(12-13)6-5-11-17(15)10-4-2-3-9-16/h7-8,12H,2-6,9-11,16H2,1H3.